The molecule has 1 fully saturated rings. The zero-order valence-corrected chi connectivity index (χ0v) is 30.2. The van der Waals surface area contributed by atoms with Crippen LogP contribution in [-0.4, -0.2) is 49.8 Å². The molecule has 0 radical (unpaired) electrons. The van der Waals surface area contributed by atoms with Crippen LogP contribution in [0.5, 0.6) is 0 Å². The number of nitrogens with one attached hydrogen (secondary N) is 2. The fourth-order valence-corrected chi connectivity index (χ4v) is 16.9. The zero-order valence-electron chi connectivity index (χ0n) is 27.2. The van der Waals surface area contributed by atoms with Crippen molar-refractivity contribution < 1.29 is 4.74 Å². The molecule has 11 heteroatoms. The number of aromatic amines is 2. The number of nitrogens with zero attached hydrogens (tertiary/aromatic N) is 2. The van der Waals surface area contributed by atoms with Crippen molar-refractivity contribution in [2.75, 3.05) is 5.73 Å². The number of fused-ring (bicyclic) bond motifs is 1. The summed E-state index contributed by atoms with van der Waals surface area (Å²) >= 11 is 0. The number of aromatic nitrogens is 4. The molecule has 1 saturated heterocycles. The first-order valence-corrected chi connectivity index (χ1v) is 23.8. The fourth-order valence-electron chi connectivity index (χ4n) is 5.95. The van der Waals surface area contributed by atoms with Crippen molar-refractivity contribution in [3.63, 3.8) is 0 Å². The van der Waals surface area contributed by atoms with Gasteiger partial charge < -0.3 is 10.5 Å². The van der Waals surface area contributed by atoms with Gasteiger partial charge in [-0.05, 0) is 26.7 Å². The second kappa shape index (κ2) is 9.55. The first-order valence-electron chi connectivity index (χ1n) is 14.4. The summed E-state index contributed by atoms with van der Waals surface area (Å²) < 4.78 is 8.88. The quantitative estimate of drug-likeness (QED) is 0.318. The number of nitrogen functional groups attached to an aromatic ring is 1. The normalized spacial score (nSPS) is 24.1. The van der Waals surface area contributed by atoms with Gasteiger partial charge in [-0.1, -0.05) is 102 Å². The Labute approximate surface area is 237 Å². The lowest BCUT2D eigenvalue weighted by atomic mass is 10.2. The van der Waals surface area contributed by atoms with Crippen LogP contribution in [0.2, 0.25) is 71.5 Å². The third-order valence-electron chi connectivity index (χ3n) is 11.5. The van der Waals surface area contributed by atoms with E-state index in [0.717, 1.165) is 6.04 Å². The second-order valence-corrected chi connectivity index (χ2v) is 33.7. The molecule has 0 spiro atoms. The van der Waals surface area contributed by atoms with E-state index in [1.54, 1.807) is 4.57 Å². The van der Waals surface area contributed by atoms with Crippen molar-refractivity contribution in [2.45, 2.75) is 146 Å². The van der Waals surface area contributed by atoms with Crippen LogP contribution in [0.1, 0.15) is 68.5 Å². The van der Waals surface area contributed by atoms with E-state index in [-0.39, 0.29) is 49.6 Å². The van der Waals surface area contributed by atoms with Gasteiger partial charge in [0.15, 0.2) is 11.2 Å². The predicted molar refractivity (Wildman–Crippen MR) is 173 cm³/mol. The van der Waals surface area contributed by atoms with Crippen molar-refractivity contribution in [2.24, 2.45) is 0 Å². The molecule has 4 atom stereocenters. The molecule has 0 aliphatic carbocycles. The third kappa shape index (κ3) is 5.32. The summed E-state index contributed by atoms with van der Waals surface area (Å²) in [6.45, 7) is 36.2. The average molecular weight is 594 g/mol. The van der Waals surface area contributed by atoms with E-state index < -0.39 is 36.0 Å². The molecule has 2 aromatic heterocycles. The molecule has 0 amide bonds. The minimum absolute atomic E-state index is 0.000827. The van der Waals surface area contributed by atoms with Gasteiger partial charge >= 0.3 is 5.69 Å². The number of hydrogen-bond donors (Lipinski definition) is 3. The van der Waals surface area contributed by atoms with Crippen molar-refractivity contribution in [1.82, 2.24) is 19.5 Å². The summed E-state index contributed by atoms with van der Waals surface area (Å²) in [7, 11) is -5.91. The molecule has 4 N–H and O–H groups in total. The Morgan fingerprint density at radius 2 is 1.31 bits per heavy atom. The molecule has 1 aliphatic heterocycles. The van der Waals surface area contributed by atoms with Gasteiger partial charge in [-0.25, -0.2) is 9.36 Å². The first kappa shape index (κ1) is 32.1. The highest BCUT2D eigenvalue weighted by molar-refractivity contribution is 6.88. The lowest BCUT2D eigenvalue weighted by molar-refractivity contribution is 0.00928. The van der Waals surface area contributed by atoms with Crippen LogP contribution in [0.25, 0.3) is 11.2 Å². The van der Waals surface area contributed by atoms with Gasteiger partial charge in [0.2, 0.25) is 5.95 Å². The van der Waals surface area contributed by atoms with Gasteiger partial charge in [-0.15, -0.1) is 0 Å². The second-order valence-electron chi connectivity index (χ2n) is 16.8. The summed E-state index contributed by atoms with van der Waals surface area (Å²) in [5, 5.41) is 0.401. The molecule has 2 aromatic rings. The van der Waals surface area contributed by atoms with Gasteiger partial charge in [0.25, 0.3) is 5.56 Å². The van der Waals surface area contributed by atoms with Crippen molar-refractivity contribution in [3.8, 4) is 0 Å². The van der Waals surface area contributed by atoms with Gasteiger partial charge in [0.05, 0.1) is 30.3 Å². The Bertz CT molecular complexity index is 1340. The number of hydrogen-bond acceptors (Lipinski definition) is 5. The highest BCUT2D eigenvalue weighted by Gasteiger charge is 2.63. The fraction of sp³-hybridized carbons (Fsp3) is 0.821. The maximum atomic E-state index is 13.6. The Balaban J connectivity index is 2.41. The zero-order chi connectivity index (χ0) is 30.3. The number of rotatable bonds is 5. The molecular formula is C28H55N5O3Si3. The van der Waals surface area contributed by atoms with Crippen LogP contribution in [0.4, 0.5) is 5.95 Å². The molecule has 39 heavy (non-hydrogen) atoms. The lowest BCUT2D eigenvalue weighted by Gasteiger charge is -2.53. The molecule has 0 bridgehead atoms. The van der Waals surface area contributed by atoms with Gasteiger partial charge in [0, 0.05) is 5.54 Å². The van der Waals surface area contributed by atoms with Crippen LogP contribution < -0.4 is 17.0 Å². The standard InChI is InChI=1S/C28H55N5O3Si3/c1-26(2,3)37(10,11)16-17-19(38(12,13)27(4,5)6)20(39(14,15)28(7,8)9)23(36-17)33-21-18(30-25(33)35)22(34)32-24(29)31-21/h17,19-20,23H,16H2,1-15H3,(H,30,35)(H3,29,31,32,34)/t17-,19-,20-,23-/m1/s1. The van der Waals surface area contributed by atoms with Gasteiger partial charge in [-0.2, -0.15) is 4.98 Å². The van der Waals surface area contributed by atoms with Gasteiger partial charge in [-0.3, -0.25) is 14.8 Å². The summed E-state index contributed by atoms with van der Waals surface area (Å²) in [5.41, 5.74) is 6.14. The first-order chi connectivity index (χ1) is 17.3. The predicted octanol–water partition coefficient (Wildman–Crippen LogP) is 7.16. The monoisotopic (exact) mass is 593 g/mol. The largest absolute Gasteiger partial charge is 0.369 e. The molecule has 1 aliphatic rings. The molecular weight excluding hydrogens is 539 g/mol. The maximum Gasteiger partial charge on any atom is 0.329 e. The lowest BCUT2D eigenvalue weighted by Crippen LogP contribution is -2.54. The van der Waals surface area contributed by atoms with Crippen molar-refractivity contribution >= 4 is 41.3 Å². The summed E-state index contributed by atoms with van der Waals surface area (Å²) in [5.74, 6) is 0.000827. The summed E-state index contributed by atoms with van der Waals surface area (Å²) in [6, 6.07) is 1.03. The Morgan fingerprint density at radius 3 is 1.77 bits per heavy atom. The summed E-state index contributed by atoms with van der Waals surface area (Å²) in [4.78, 5) is 36.2. The Kier molecular flexibility index (Phi) is 7.86. The minimum Gasteiger partial charge on any atom is -0.369 e. The third-order valence-corrected chi connectivity index (χ3v) is 29.8. The van der Waals surface area contributed by atoms with Crippen LogP contribution >= 0.6 is 0 Å². The Morgan fingerprint density at radius 1 is 0.821 bits per heavy atom. The highest BCUT2D eigenvalue weighted by Crippen LogP contribution is 2.66. The summed E-state index contributed by atoms with van der Waals surface area (Å²) in [6.07, 6.45) is -0.471. The molecule has 0 unspecified atom stereocenters. The average Bonchev–Trinajstić information content (AvgIpc) is 3.22. The van der Waals surface area contributed by atoms with Crippen LogP contribution in [0.3, 0.4) is 0 Å². The molecule has 3 heterocycles. The van der Waals surface area contributed by atoms with Crippen LogP contribution in [0, 0.1) is 0 Å². The number of nitrogens with two attached hydrogens (primary N) is 1. The van der Waals surface area contributed by atoms with E-state index in [4.69, 9.17) is 10.5 Å². The molecule has 222 valence electrons. The van der Waals surface area contributed by atoms with Crippen molar-refractivity contribution in [3.05, 3.63) is 20.8 Å². The van der Waals surface area contributed by atoms with Crippen molar-refractivity contribution in [1.29, 1.82) is 0 Å². The number of imidazole rings is 1. The van der Waals surface area contributed by atoms with E-state index in [2.05, 4.69) is 117 Å². The molecule has 3 rings (SSSR count). The van der Waals surface area contributed by atoms with Crippen LogP contribution in [0.15, 0.2) is 9.59 Å². The van der Waals surface area contributed by atoms with Crippen LogP contribution in [-0.2, 0) is 4.74 Å². The number of H-pyrrole nitrogens is 2. The van der Waals surface area contributed by atoms with E-state index in [1.165, 1.54) is 0 Å². The minimum atomic E-state index is -2.14. The van der Waals surface area contributed by atoms with E-state index >= 15 is 0 Å². The molecule has 0 aromatic carbocycles. The van der Waals surface area contributed by atoms with Gasteiger partial charge in [0.1, 0.15) is 6.23 Å². The Hall–Kier alpha value is -1.44. The highest BCUT2D eigenvalue weighted by atomic mass is 28.3. The topological polar surface area (TPSA) is 119 Å². The maximum absolute atomic E-state index is 13.6. The number of ether oxygens (including phenoxy) is 1. The number of anilines is 1. The van der Waals surface area contributed by atoms with E-state index in [1.807, 2.05) is 0 Å². The van der Waals surface area contributed by atoms with E-state index in [9.17, 15) is 9.59 Å². The molecule has 8 nitrogen and oxygen atoms in total. The SMILES string of the molecule is CC(C)(C)[Si](C)(C)C[C@H]1O[C@@H](n2c(=O)[nH]c3c(=O)[nH]c(N)nc32)[C@H]([Si](C)(C)C(C)(C)C)[C@@H]1[Si](C)(C)C(C)(C)C. The molecule has 0 saturated carbocycles. The van der Waals surface area contributed by atoms with E-state index in [0.29, 0.717) is 5.54 Å². The smallest absolute Gasteiger partial charge is 0.329 e.